The Morgan fingerprint density at radius 2 is 1.96 bits per heavy atom. The summed E-state index contributed by atoms with van der Waals surface area (Å²) in [5.41, 5.74) is -0.567. The predicted octanol–water partition coefficient (Wildman–Crippen LogP) is -0.00460. The molecule has 0 aliphatic rings. The normalized spacial score (nSPS) is 11.4. The SMILES string of the molecule is COCCNC(=O)COC(=O)c1cc(S(=O)(=O)N(C)C)ccc1F. The molecule has 0 fully saturated rings. The van der Waals surface area contributed by atoms with Crippen molar-refractivity contribution in [3.05, 3.63) is 29.6 Å². The zero-order valence-corrected chi connectivity index (χ0v) is 14.4. The van der Waals surface area contributed by atoms with Crippen LogP contribution < -0.4 is 5.32 Å². The molecule has 0 unspecified atom stereocenters. The first-order valence-corrected chi connectivity index (χ1v) is 8.29. The van der Waals surface area contributed by atoms with Gasteiger partial charge in [-0.3, -0.25) is 4.79 Å². The molecule has 0 aliphatic carbocycles. The fourth-order valence-electron chi connectivity index (χ4n) is 1.58. The Bertz CT molecular complexity index is 705. The van der Waals surface area contributed by atoms with Gasteiger partial charge in [-0.1, -0.05) is 0 Å². The van der Waals surface area contributed by atoms with Gasteiger partial charge in [0.15, 0.2) is 6.61 Å². The molecule has 10 heteroatoms. The smallest absolute Gasteiger partial charge is 0.341 e. The predicted molar refractivity (Wildman–Crippen MR) is 82.4 cm³/mol. The van der Waals surface area contributed by atoms with E-state index in [0.29, 0.717) is 6.61 Å². The Balaban J connectivity index is 2.82. The molecule has 0 bridgehead atoms. The van der Waals surface area contributed by atoms with Crippen molar-refractivity contribution in [2.75, 3.05) is 41.0 Å². The highest BCUT2D eigenvalue weighted by atomic mass is 32.2. The summed E-state index contributed by atoms with van der Waals surface area (Å²) in [6, 6.07) is 2.76. The lowest BCUT2D eigenvalue weighted by Crippen LogP contribution is -2.31. The van der Waals surface area contributed by atoms with E-state index in [0.717, 1.165) is 22.5 Å². The van der Waals surface area contributed by atoms with Gasteiger partial charge >= 0.3 is 5.97 Å². The summed E-state index contributed by atoms with van der Waals surface area (Å²) in [6.45, 7) is -0.0940. The van der Waals surface area contributed by atoms with Crippen LogP contribution in [0.3, 0.4) is 0 Å². The van der Waals surface area contributed by atoms with Gasteiger partial charge in [0.1, 0.15) is 5.82 Å². The average Bonchev–Trinajstić information content (AvgIpc) is 2.53. The molecule has 0 radical (unpaired) electrons. The molecule has 1 amide bonds. The molecule has 134 valence electrons. The Labute approximate surface area is 139 Å². The van der Waals surface area contributed by atoms with Crippen LogP contribution >= 0.6 is 0 Å². The van der Waals surface area contributed by atoms with Crippen LogP contribution in [0.2, 0.25) is 0 Å². The largest absolute Gasteiger partial charge is 0.452 e. The van der Waals surface area contributed by atoms with Crippen LogP contribution in [0.5, 0.6) is 0 Å². The number of methoxy groups -OCH3 is 1. The Morgan fingerprint density at radius 1 is 1.29 bits per heavy atom. The number of halogens is 1. The van der Waals surface area contributed by atoms with Crippen LogP contribution in [0, 0.1) is 5.82 Å². The molecule has 0 aliphatic heterocycles. The third-order valence-electron chi connectivity index (χ3n) is 2.90. The molecular weight excluding hydrogens is 343 g/mol. The number of hydrogen-bond acceptors (Lipinski definition) is 6. The molecule has 0 aromatic heterocycles. The van der Waals surface area contributed by atoms with Gasteiger partial charge in [-0.05, 0) is 18.2 Å². The number of benzene rings is 1. The van der Waals surface area contributed by atoms with E-state index < -0.39 is 39.9 Å². The summed E-state index contributed by atoms with van der Waals surface area (Å²) in [6.07, 6.45) is 0. The van der Waals surface area contributed by atoms with Crippen molar-refractivity contribution in [2.24, 2.45) is 0 Å². The Kier molecular flexibility index (Phi) is 7.26. The molecule has 1 aromatic carbocycles. The summed E-state index contributed by atoms with van der Waals surface area (Å²) >= 11 is 0. The van der Waals surface area contributed by atoms with Gasteiger partial charge in [0.25, 0.3) is 5.91 Å². The highest BCUT2D eigenvalue weighted by Gasteiger charge is 2.22. The van der Waals surface area contributed by atoms with Crippen molar-refractivity contribution in [1.82, 2.24) is 9.62 Å². The Hall–Kier alpha value is -2.04. The summed E-state index contributed by atoms with van der Waals surface area (Å²) in [5, 5.41) is 2.42. The van der Waals surface area contributed by atoms with E-state index >= 15 is 0 Å². The second-order valence-electron chi connectivity index (χ2n) is 4.85. The molecule has 8 nitrogen and oxygen atoms in total. The second kappa shape index (κ2) is 8.71. The monoisotopic (exact) mass is 362 g/mol. The molecule has 0 heterocycles. The van der Waals surface area contributed by atoms with Gasteiger partial charge in [-0.2, -0.15) is 0 Å². The highest BCUT2D eigenvalue weighted by Crippen LogP contribution is 2.18. The minimum absolute atomic E-state index is 0.234. The number of nitrogens with one attached hydrogen (secondary N) is 1. The number of esters is 1. The number of nitrogens with zero attached hydrogens (tertiary/aromatic N) is 1. The molecule has 24 heavy (non-hydrogen) atoms. The zero-order chi connectivity index (χ0) is 18.3. The lowest BCUT2D eigenvalue weighted by Gasteiger charge is -2.12. The lowest BCUT2D eigenvalue weighted by molar-refractivity contribution is -0.124. The van der Waals surface area contributed by atoms with Crippen molar-refractivity contribution >= 4 is 21.9 Å². The van der Waals surface area contributed by atoms with Crippen molar-refractivity contribution in [3.8, 4) is 0 Å². The average molecular weight is 362 g/mol. The van der Waals surface area contributed by atoms with Crippen LogP contribution in [-0.4, -0.2) is 65.6 Å². The van der Waals surface area contributed by atoms with Gasteiger partial charge in [0.2, 0.25) is 10.0 Å². The maximum absolute atomic E-state index is 13.8. The van der Waals surface area contributed by atoms with Gasteiger partial charge < -0.3 is 14.8 Å². The number of ether oxygens (including phenoxy) is 2. The quantitative estimate of drug-likeness (QED) is 0.516. The van der Waals surface area contributed by atoms with Gasteiger partial charge in [0, 0.05) is 27.7 Å². The van der Waals surface area contributed by atoms with Gasteiger partial charge in [-0.25, -0.2) is 21.9 Å². The molecule has 0 atom stereocenters. The maximum Gasteiger partial charge on any atom is 0.341 e. The zero-order valence-electron chi connectivity index (χ0n) is 13.5. The van der Waals surface area contributed by atoms with Crippen LogP contribution in [0.25, 0.3) is 0 Å². The second-order valence-corrected chi connectivity index (χ2v) is 7.00. The van der Waals surface area contributed by atoms with Crippen molar-refractivity contribution in [1.29, 1.82) is 0 Å². The fourth-order valence-corrected chi connectivity index (χ4v) is 2.51. The highest BCUT2D eigenvalue weighted by molar-refractivity contribution is 7.89. The number of sulfonamides is 1. The number of rotatable bonds is 8. The Morgan fingerprint density at radius 3 is 2.54 bits per heavy atom. The first-order valence-electron chi connectivity index (χ1n) is 6.85. The maximum atomic E-state index is 13.8. The van der Waals surface area contributed by atoms with Crippen molar-refractivity contribution in [3.63, 3.8) is 0 Å². The molecule has 1 N–H and O–H groups in total. The third-order valence-corrected chi connectivity index (χ3v) is 4.71. The molecular formula is C14H19FN2O6S. The van der Waals surface area contributed by atoms with E-state index in [9.17, 15) is 22.4 Å². The number of carbonyl (C=O) groups excluding carboxylic acids is 2. The molecule has 0 saturated carbocycles. The van der Waals surface area contributed by atoms with E-state index in [1.54, 1.807) is 0 Å². The van der Waals surface area contributed by atoms with E-state index in [-0.39, 0.29) is 11.4 Å². The number of hydrogen-bond donors (Lipinski definition) is 1. The number of carbonyl (C=O) groups is 2. The summed E-state index contributed by atoms with van der Waals surface area (Å²) in [4.78, 5) is 23.0. The summed E-state index contributed by atoms with van der Waals surface area (Å²) in [7, 11) is 0.245. The minimum atomic E-state index is -3.83. The topological polar surface area (TPSA) is 102 Å². The molecule has 0 spiro atoms. The van der Waals surface area contributed by atoms with E-state index in [1.165, 1.54) is 21.2 Å². The van der Waals surface area contributed by atoms with Gasteiger partial charge in [0.05, 0.1) is 17.1 Å². The van der Waals surface area contributed by atoms with Crippen LogP contribution in [0.1, 0.15) is 10.4 Å². The van der Waals surface area contributed by atoms with Crippen LogP contribution in [-0.2, 0) is 24.3 Å². The van der Waals surface area contributed by atoms with Crippen molar-refractivity contribution in [2.45, 2.75) is 4.90 Å². The van der Waals surface area contributed by atoms with E-state index in [2.05, 4.69) is 10.1 Å². The molecule has 1 rings (SSSR count). The van der Waals surface area contributed by atoms with Gasteiger partial charge in [-0.15, -0.1) is 0 Å². The molecule has 0 saturated heterocycles. The lowest BCUT2D eigenvalue weighted by atomic mass is 10.2. The minimum Gasteiger partial charge on any atom is -0.452 e. The van der Waals surface area contributed by atoms with E-state index in [1.807, 2.05) is 0 Å². The fraction of sp³-hybridized carbons (Fsp3) is 0.429. The van der Waals surface area contributed by atoms with Crippen molar-refractivity contribution < 1.29 is 31.9 Å². The van der Waals surface area contributed by atoms with E-state index in [4.69, 9.17) is 4.74 Å². The van der Waals surface area contributed by atoms with Crippen LogP contribution in [0.4, 0.5) is 4.39 Å². The molecule has 1 aromatic rings. The third kappa shape index (κ3) is 5.25. The summed E-state index contributed by atoms with van der Waals surface area (Å²) in [5.74, 6) is -2.67. The number of amides is 1. The van der Waals surface area contributed by atoms with Crippen LogP contribution in [0.15, 0.2) is 23.1 Å². The summed E-state index contributed by atoms with van der Waals surface area (Å²) < 4.78 is 48.1. The first kappa shape index (κ1) is 20.0. The standard InChI is InChI=1S/C14H19FN2O6S/c1-17(2)24(20,21)10-4-5-12(15)11(8-10)14(19)23-9-13(18)16-6-7-22-3/h4-5,8H,6-7,9H2,1-3H3,(H,16,18). The first-order chi connectivity index (χ1) is 11.2.